The largest absolute Gasteiger partial charge is 0.494 e. The second-order valence-electron chi connectivity index (χ2n) is 4.91. The Morgan fingerprint density at radius 2 is 2.29 bits per heavy atom. The van der Waals surface area contributed by atoms with E-state index in [1.807, 2.05) is 37.3 Å². The number of nitrogens with zero attached hydrogens (tertiary/aromatic N) is 2. The Morgan fingerprint density at radius 3 is 2.95 bits per heavy atom. The maximum Gasteiger partial charge on any atom is 0.244 e. The van der Waals surface area contributed by atoms with Crippen LogP contribution in [0.4, 0.5) is 5.69 Å². The van der Waals surface area contributed by atoms with Crippen LogP contribution in [0.2, 0.25) is 0 Å². The van der Waals surface area contributed by atoms with Crippen molar-refractivity contribution in [3.63, 3.8) is 0 Å². The maximum absolute atomic E-state index is 12.1. The van der Waals surface area contributed by atoms with Gasteiger partial charge >= 0.3 is 0 Å². The van der Waals surface area contributed by atoms with Crippen LogP contribution in [0, 0.1) is 11.3 Å². The van der Waals surface area contributed by atoms with E-state index in [1.165, 1.54) is 0 Å². The molecule has 0 unspecified atom stereocenters. The van der Waals surface area contributed by atoms with E-state index in [0.29, 0.717) is 19.6 Å². The number of nitrogens with one attached hydrogen (secondary N) is 1. The van der Waals surface area contributed by atoms with Gasteiger partial charge in [0, 0.05) is 25.3 Å². The van der Waals surface area contributed by atoms with E-state index in [-0.39, 0.29) is 11.9 Å². The molecule has 0 aliphatic rings. The molecule has 5 nitrogen and oxygen atoms in total. The van der Waals surface area contributed by atoms with Gasteiger partial charge in [-0.2, -0.15) is 5.26 Å². The third-order valence-corrected chi connectivity index (χ3v) is 3.00. The van der Waals surface area contributed by atoms with E-state index in [4.69, 9.17) is 10.00 Å². The summed E-state index contributed by atoms with van der Waals surface area (Å²) in [4.78, 5) is 13.7. The molecular formula is C16H23N3O2. The molecule has 5 heteroatoms. The maximum atomic E-state index is 12.1. The summed E-state index contributed by atoms with van der Waals surface area (Å²) in [6.45, 7) is 4.99. The van der Waals surface area contributed by atoms with E-state index < -0.39 is 0 Å². The summed E-state index contributed by atoms with van der Waals surface area (Å²) in [6.07, 6.45) is 1.30. The highest BCUT2D eigenvalue weighted by atomic mass is 16.5. The third-order valence-electron chi connectivity index (χ3n) is 3.00. The number of carbonyl (C=O) groups excluding carboxylic acids is 1. The fourth-order valence-corrected chi connectivity index (χ4v) is 1.87. The summed E-state index contributed by atoms with van der Waals surface area (Å²) in [7, 11) is 1.71. The predicted molar refractivity (Wildman–Crippen MR) is 83.2 cm³/mol. The third kappa shape index (κ3) is 5.74. The van der Waals surface area contributed by atoms with Crippen molar-refractivity contribution in [3.8, 4) is 11.8 Å². The van der Waals surface area contributed by atoms with E-state index >= 15 is 0 Å². The molecule has 0 aromatic heterocycles. The Bertz CT molecular complexity index is 497. The van der Waals surface area contributed by atoms with Crippen molar-refractivity contribution >= 4 is 11.6 Å². The molecule has 1 aromatic rings. The van der Waals surface area contributed by atoms with Gasteiger partial charge in [-0.1, -0.05) is 13.0 Å². The Balaban J connectivity index is 2.59. The minimum Gasteiger partial charge on any atom is -0.494 e. The van der Waals surface area contributed by atoms with Crippen molar-refractivity contribution in [2.45, 2.75) is 32.7 Å². The molecule has 21 heavy (non-hydrogen) atoms. The van der Waals surface area contributed by atoms with E-state index in [2.05, 4.69) is 12.2 Å². The molecule has 1 aromatic carbocycles. The van der Waals surface area contributed by atoms with Crippen LogP contribution in [-0.4, -0.2) is 37.0 Å². The molecule has 0 saturated heterocycles. The molecule has 1 amide bonds. The lowest BCUT2D eigenvalue weighted by atomic mass is 10.2. The zero-order chi connectivity index (χ0) is 15.7. The van der Waals surface area contributed by atoms with E-state index in [9.17, 15) is 4.79 Å². The topological polar surface area (TPSA) is 65.4 Å². The Labute approximate surface area is 126 Å². The van der Waals surface area contributed by atoms with Crippen LogP contribution in [0.1, 0.15) is 26.7 Å². The van der Waals surface area contributed by atoms with Crippen molar-refractivity contribution in [3.05, 3.63) is 24.3 Å². The quantitative estimate of drug-likeness (QED) is 0.799. The first-order chi connectivity index (χ1) is 10.1. The van der Waals surface area contributed by atoms with Crippen molar-refractivity contribution in [2.24, 2.45) is 0 Å². The Hall–Kier alpha value is -2.22. The highest BCUT2D eigenvalue weighted by Crippen LogP contribution is 2.18. The molecule has 1 N–H and O–H groups in total. The summed E-state index contributed by atoms with van der Waals surface area (Å²) >= 11 is 0. The van der Waals surface area contributed by atoms with Crippen molar-refractivity contribution in [1.29, 1.82) is 5.26 Å². The van der Waals surface area contributed by atoms with Crippen LogP contribution in [-0.2, 0) is 4.79 Å². The second-order valence-corrected chi connectivity index (χ2v) is 4.91. The number of hydrogen-bond donors (Lipinski definition) is 1. The molecule has 1 rings (SSSR count). The van der Waals surface area contributed by atoms with Gasteiger partial charge in [-0.25, -0.2) is 0 Å². The molecule has 0 radical (unpaired) electrons. The predicted octanol–water partition coefficient (Wildman–Crippen LogP) is 2.65. The van der Waals surface area contributed by atoms with Crippen LogP contribution < -0.4 is 10.1 Å². The first-order valence-corrected chi connectivity index (χ1v) is 7.19. The summed E-state index contributed by atoms with van der Waals surface area (Å²) in [5, 5.41) is 11.7. The molecule has 0 saturated carbocycles. The molecule has 1 atom stereocenters. The van der Waals surface area contributed by atoms with Crippen molar-refractivity contribution in [1.82, 2.24) is 4.90 Å². The first-order valence-electron chi connectivity index (χ1n) is 7.19. The van der Waals surface area contributed by atoms with Crippen LogP contribution in [0.15, 0.2) is 24.3 Å². The number of benzene rings is 1. The monoisotopic (exact) mass is 289 g/mol. The summed E-state index contributed by atoms with van der Waals surface area (Å²) < 4.78 is 5.57. The number of ether oxygens (including phenoxy) is 1. The molecule has 0 aliphatic carbocycles. The van der Waals surface area contributed by atoms with Gasteiger partial charge in [0.05, 0.1) is 19.1 Å². The van der Waals surface area contributed by atoms with Gasteiger partial charge in [0.25, 0.3) is 0 Å². The van der Waals surface area contributed by atoms with Crippen molar-refractivity contribution in [2.75, 3.05) is 25.5 Å². The zero-order valence-corrected chi connectivity index (χ0v) is 12.9. The fraction of sp³-hybridized carbons (Fsp3) is 0.500. The molecule has 0 aliphatic heterocycles. The number of likely N-dealkylation sites (N-methyl/N-ethyl adjacent to an activating group) is 1. The lowest BCUT2D eigenvalue weighted by Gasteiger charge is -2.22. The summed E-state index contributed by atoms with van der Waals surface area (Å²) in [5.74, 6) is 0.754. The van der Waals surface area contributed by atoms with Crippen LogP contribution in [0.3, 0.4) is 0 Å². The number of anilines is 1. The molecular weight excluding hydrogens is 266 g/mol. The van der Waals surface area contributed by atoms with Crippen LogP contribution in [0.25, 0.3) is 0 Å². The van der Waals surface area contributed by atoms with Gasteiger partial charge < -0.3 is 15.0 Å². The molecule has 0 spiro atoms. The van der Waals surface area contributed by atoms with E-state index in [0.717, 1.165) is 17.9 Å². The van der Waals surface area contributed by atoms with Crippen molar-refractivity contribution < 1.29 is 9.53 Å². The summed E-state index contributed by atoms with van der Waals surface area (Å²) in [5.41, 5.74) is 0.845. The lowest BCUT2D eigenvalue weighted by Crippen LogP contribution is -2.39. The molecule has 114 valence electrons. The highest BCUT2D eigenvalue weighted by Gasteiger charge is 2.17. The average molecular weight is 289 g/mol. The van der Waals surface area contributed by atoms with Gasteiger partial charge in [-0.05, 0) is 25.5 Å². The van der Waals surface area contributed by atoms with Crippen LogP contribution >= 0.6 is 0 Å². The minimum atomic E-state index is -0.352. The van der Waals surface area contributed by atoms with Gasteiger partial charge in [0.1, 0.15) is 11.8 Å². The zero-order valence-electron chi connectivity index (χ0n) is 12.9. The second kappa shape index (κ2) is 8.85. The number of carbonyl (C=O) groups is 1. The Kier molecular flexibility index (Phi) is 7.10. The number of hydrogen-bond acceptors (Lipinski definition) is 4. The SMILES string of the molecule is CCCOc1cccc(N[C@@H](C)C(=O)N(C)CCC#N)c1. The first kappa shape index (κ1) is 16.8. The number of nitriles is 1. The molecule has 0 fully saturated rings. The highest BCUT2D eigenvalue weighted by molar-refractivity contribution is 5.84. The fourth-order valence-electron chi connectivity index (χ4n) is 1.87. The summed E-state index contributed by atoms with van der Waals surface area (Å²) in [6, 6.07) is 9.26. The standard InChI is InChI=1S/C16H23N3O2/c1-4-11-21-15-8-5-7-14(12-15)18-13(2)16(20)19(3)10-6-9-17/h5,7-8,12-13,18H,4,6,10-11H2,1-3H3/t13-/m0/s1. The van der Waals surface area contributed by atoms with Crippen LogP contribution in [0.5, 0.6) is 5.75 Å². The van der Waals surface area contributed by atoms with Gasteiger partial charge in [0.15, 0.2) is 0 Å². The van der Waals surface area contributed by atoms with E-state index in [1.54, 1.807) is 11.9 Å². The molecule has 0 bridgehead atoms. The number of amides is 1. The average Bonchev–Trinajstić information content (AvgIpc) is 2.50. The Morgan fingerprint density at radius 1 is 1.52 bits per heavy atom. The molecule has 0 heterocycles. The van der Waals surface area contributed by atoms with Gasteiger partial charge in [-0.3, -0.25) is 4.79 Å². The number of rotatable bonds is 8. The normalized spacial score (nSPS) is 11.3. The smallest absolute Gasteiger partial charge is 0.244 e. The van der Waals surface area contributed by atoms with Gasteiger partial charge in [0.2, 0.25) is 5.91 Å². The lowest BCUT2D eigenvalue weighted by molar-refractivity contribution is -0.130. The van der Waals surface area contributed by atoms with Gasteiger partial charge in [-0.15, -0.1) is 0 Å². The minimum absolute atomic E-state index is 0.0369.